The number of carbonyl (C=O) groups excluding carboxylic acids is 2. The largest absolute Gasteiger partial charge is 0.481 e. The van der Waals surface area contributed by atoms with Crippen LogP contribution in [0.1, 0.15) is 26.7 Å². The van der Waals surface area contributed by atoms with Crippen LogP contribution in [0.4, 0.5) is 4.79 Å². The second-order valence-electron chi connectivity index (χ2n) is 5.71. The second kappa shape index (κ2) is 5.88. The number of urea groups is 1. The van der Waals surface area contributed by atoms with Crippen molar-refractivity contribution in [2.45, 2.75) is 44.4 Å². The highest BCUT2D eigenvalue weighted by Gasteiger charge is 2.42. The van der Waals surface area contributed by atoms with Crippen LogP contribution < -0.4 is 10.6 Å². The number of piperazine rings is 1. The molecule has 0 saturated carbocycles. The van der Waals surface area contributed by atoms with Gasteiger partial charge in [0.2, 0.25) is 5.91 Å². The lowest BCUT2D eigenvalue weighted by Crippen LogP contribution is -2.63. The van der Waals surface area contributed by atoms with E-state index in [1.807, 2.05) is 13.8 Å². The Hall–Kier alpha value is -1.83. The van der Waals surface area contributed by atoms with Gasteiger partial charge in [-0.15, -0.1) is 0 Å². The van der Waals surface area contributed by atoms with Gasteiger partial charge in [0.25, 0.3) is 0 Å². The summed E-state index contributed by atoms with van der Waals surface area (Å²) in [7, 11) is 0. The summed E-state index contributed by atoms with van der Waals surface area (Å²) in [6.45, 7) is 4.95. The molecule has 8 nitrogen and oxygen atoms in total. The standard InChI is InChI=1S/C13H21N3O5/c1-8-13(2,3-6-21-8)15-12(20)16-5-4-14-11(19)9(16)7-10(17)18/h8-9H,3-7H2,1-2H3,(H,14,19)(H,15,20)(H,17,18). The van der Waals surface area contributed by atoms with E-state index in [1.165, 1.54) is 4.90 Å². The van der Waals surface area contributed by atoms with Crippen molar-refractivity contribution in [1.29, 1.82) is 0 Å². The molecule has 0 aromatic carbocycles. The normalized spacial score (nSPS) is 32.7. The summed E-state index contributed by atoms with van der Waals surface area (Å²) in [5, 5.41) is 14.4. The third kappa shape index (κ3) is 3.26. The fraction of sp³-hybridized carbons (Fsp3) is 0.769. The first-order chi connectivity index (χ1) is 9.83. The number of carbonyl (C=O) groups is 3. The smallest absolute Gasteiger partial charge is 0.318 e. The molecule has 3 amide bonds. The first-order valence-electron chi connectivity index (χ1n) is 7.03. The predicted molar refractivity (Wildman–Crippen MR) is 72.7 cm³/mol. The molecule has 2 aliphatic rings. The van der Waals surface area contributed by atoms with Crippen molar-refractivity contribution in [3.05, 3.63) is 0 Å². The minimum atomic E-state index is -1.11. The lowest BCUT2D eigenvalue weighted by Gasteiger charge is -2.38. The maximum Gasteiger partial charge on any atom is 0.318 e. The third-order valence-corrected chi connectivity index (χ3v) is 4.24. The van der Waals surface area contributed by atoms with E-state index in [2.05, 4.69) is 10.6 Å². The molecule has 0 radical (unpaired) electrons. The molecule has 0 aromatic heterocycles. The van der Waals surface area contributed by atoms with Crippen molar-refractivity contribution in [3.63, 3.8) is 0 Å². The van der Waals surface area contributed by atoms with Crippen LogP contribution in [0.2, 0.25) is 0 Å². The number of hydrogen-bond acceptors (Lipinski definition) is 4. The summed E-state index contributed by atoms with van der Waals surface area (Å²) < 4.78 is 5.46. The number of amides is 3. The molecule has 2 saturated heterocycles. The summed E-state index contributed by atoms with van der Waals surface area (Å²) in [6, 6.07) is -1.39. The highest BCUT2D eigenvalue weighted by molar-refractivity contribution is 5.91. The van der Waals surface area contributed by atoms with Gasteiger partial charge in [0, 0.05) is 19.7 Å². The number of carboxylic acid groups (broad SMARTS) is 1. The lowest BCUT2D eigenvalue weighted by molar-refractivity contribution is -0.142. The number of nitrogens with one attached hydrogen (secondary N) is 2. The Balaban J connectivity index is 2.08. The molecule has 3 atom stereocenters. The van der Waals surface area contributed by atoms with E-state index in [1.54, 1.807) is 0 Å². The maximum absolute atomic E-state index is 12.4. The van der Waals surface area contributed by atoms with Crippen LogP contribution in [0.25, 0.3) is 0 Å². The number of carboxylic acids is 1. The van der Waals surface area contributed by atoms with Crippen LogP contribution in [0, 0.1) is 0 Å². The molecule has 2 rings (SSSR count). The second-order valence-corrected chi connectivity index (χ2v) is 5.71. The van der Waals surface area contributed by atoms with Gasteiger partial charge in [0.05, 0.1) is 18.1 Å². The molecule has 3 N–H and O–H groups in total. The topological polar surface area (TPSA) is 108 Å². The van der Waals surface area contributed by atoms with Crippen molar-refractivity contribution in [1.82, 2.24) is 15.5 Å². The van der Waals surface area contributed by atoms with E-state index in [0.717, 1.165) is 0 Å². The summed E-state index contributed by atoms with van der Waals surface area (Å²) in [6.07, 6.45) is 0.156. The molecule has 2 aliphatic heterocycles. The Morgan fingerprint density at radius 1 is 1.57 bits per heavy atom. The number of rotatable bonds is 3. The highest BCUT2D eigenvalue weighted by atomic mass is 16.5. The van der Waals surface area contributed by atoms with Crippen LogP contribution in [0.3, 0.4) is 0 Å². The molecule has 0 aliphatic carbocycles. The first kappa shape index (κ1) is 15.6. The fourth-order valence-corrected chi connectivity index (χ4v) is 2.64. The van der Waals surface area contributed by atoms with Gasteiger partial charge in [-0.05, 0) is 20.3 Å². The van der Waals surface area contributed by atoms with Crippen molar-refractivity contribution < 1.29 is 24.2 Å². The number of aliphatic carboxylic acids is 1. The zero-order valence-electron chi connectivity index (χ0n) is 12.2. The summed E-state index contributed by atoms with van der Waals surface area (Å²) in [5.41, 5.74) is -0.501. The average Bonchev–Trinajstić information content (AvgIpc) is 2.71. The van der Waals surface area contributed by atoms with Crippen LogP contribution in [0.5, 0.6) is 0 Å². The monoisotopic (exact) mass is 299 g/mol. The van der Waals surface area contributed by atoms with Gasteiger partial charge in [-0.2, -0.15) is 0 Å². The van der Waals surface area contributed by atoms with E-state index in [0.29, 0.717) is 26.1 Å². The van der Waals surface area contributed by atoms with Crippen molar-refractivity contribution in [3.8, 4) is 0 Å². The number of ether oxygens (including phenoxy) is 1. The zero-order valence-corrected chi connectivity index (χ0v) is 12.2. The maximum atomic E-state index is 12.4. The first-order valence-corrected chi connectivity index (χ1v) is 7.03. The number of hydrogen-bond donors (Lipinski definition) is 3. The molecular formula is C13H21N3O5. The van der Waals surface area contributed by atoms with E-state index in [4.69, 9.17) is 9.84 Å². The van der Waals surface area contributed by atoms with Crippen molar-refractivity contribution in [2.24, 2.45) is 0 Å². The molecule has 0 bridgehead atoms. The minimum absolute atomic E-state index is 0.127. The van der Waals surface area contributed by atoms with Gasteiger partial charge in [-0.25, -0.2) is 4.79 Å². The van der Waals surface area contributed by atoms with E-state index in [-0.39, 0.29) is 6.10 Å². The van der Waals surface area contributed by atoms with Gasteiger partial charge in [-0.1, -0.05) is 0 Å². The lowest BCUT2D eigenvalue weighted by atomic mass is 9.95. The van der Waals surface area contributed by atoms with Crippen LogP contribution in [-0.2, 0) is 14.3 Å². The van der Waals surface area contributed by atoms with Gasteiger partial charge < -0.3 is 25.4 Å². The molecule has 0 spiro atoms. The molecule has 21 heavy (non-hydrogen) atoms. The quantitative estimate of drug-likeness (QED) is 0.653. The molecule has 2 heterocycles. The molecule has 8 heteroatoms. The molecule has 0 aromatic rings. The Morgan fingerprint density at radius 3 is 2.86 bits per heavy atom. The SMILES string of the molecule is CC1OCCC1(C)NC(=O)N1CCNC(=O)C1CC(=O)O. The summed E-state index contributed by atoms with van der Waals surface area (Å²) in [5.74, 6) is -1.54. The van der Waals surface area contributed by atoms with Gasteiger partial charge >= 0.3 is 12.0 Å². The van der Waals surface area contributed by atoms with E-state index >= 15 is 0 Å². The van der Waals surface area contributed by atoms with Gasteiger partial charge in [0.15, 0.2) is 0 Å². The third-order valence-electron chi connectivity index (χ3n) is 4.24. The Kier molecular flexibility index (Phi) is 4.36. The molecule has 118 valence electrons. The van der Waals surface area contributed by atoms with E-state index < -0.39 is 35.9 Å². The fourth-order valence-electron chi connectivity index (χ4n) is 2.64. The Bertz CT molecular complexity index is 455. The van der Waals surface area contributed by atoms with Crippen molar-refractivity contribution in [2.75, 3.05) is 19.7 Å². The van der Waals surface area contributed by atoms with Gasteiger partial charge in [-0.3, -0.25) is 9.59 Å². The average molecular weight is 299 g/mol. The van der Waals surface area contributed by atoms with E-state index in [9.17, 15) is 14.4 Å². The Labute approximate surface area is 122 Å². The Morgan fingerprint density at radius 2 is 2.29 bits per heavy atom. The van der Waals surface area contributed by atoms with Crippen LogP contribution in [0.15, 0.2) is 0 Å². The summed E-state index contributed by atoms with van der Waals surface area (Å²) >= 11 is 0. The summed E-state index contributed by atoms with van der Waals surface area (Å²) in [4.78, 5) is 36.4. The zero-order chi connectivity index (χ0) is 15.6. The molecular weight excluding hydrogens is 278 g/mol. The highest BCUT2D eigenvalue weighted by Crippen LogP contribution is 2.25. The van der Waals surface area contributed by atoms with Crippen LogP contribution >= 0.6 is 0 Å². The van der Waals surface area contributed by atoms with Gasteiger partial charge in [0.1, 0.15) is 6.04 Å². The van der Waals surface area contributed by atoms with Crippen LogP contribution in [-0.4, -0.2) is 65.3 Å². The minimum Gasteiger partial charge on any atom is -0.481 e. The van der Waals surface area contributed by atoms with Crippen molar-refractivity contribution >= 4 is 17.9 Å². The predicted octanol–water partition coefficient (Wildman–Crippen LogP) is -0.461. The molecule has 2 fully saturated rings. The number of nitrogens with zero attached hydrogens (tertiary/aromatic N) is 1. The molecule has 3 unspecified atom stereocenters.